The summed E-state index contributed by atoms with van der Waals surface area (Å²) < 4.78 is 0. The summed E-state index contributed by atoms with van der Waals surface area (Å²) in [6.45, 7) is 7.66. The molecule has 1 aliphatic rings. The van der Waals surface area contributed by atoms with E-state index in [9.17, 15) is 14.7 Å². The Hall–Kier alpha value is -1.06. The lowest BCUT2D eigenvalue weighted by Gasteiger charge is -2.26. The van der Waals surface area contributed by atoms with Crippen molar-refractivity contribution in [1.29, 1.82) is 0 Å². The summed E-state index contributed by atoms with van der Waals surface area (Å²) >= 11 is 0. The summed E-state index contributed by atoms with van der Waals surface area (Å²) in [4.78, 5) is 25.8. The molecule has 0 bridgehead atoms. The van der Waals surface area contributed by atoms with Gasteiger partial charge in [-0.15, -0.1) is 0 Å². The van der Waals surface area contributed by atoms with E-state index < -0.39 is 11.9 Å². The van der Waals surface area contributed by atoms with Gasteiger partial charge in [0.25, 0.3) is 0 Å². The first-order valence-electron chi connectivity index (χ1n) is 7.56. The lowest BCUT2D eigenvalue weighted by atomic mass is 9.94. The van der Waals surface area contributed by atoms with Crippen molar-refractivity contribution in [2.24, 2.45) is 17.8 Å². The molecule has 0 aromatic rings. The van der Waals surface area contributed by atoms with Gasteiger partial charge in [-0.25, -0.2) is 0 Å². The van der Waals surface area contributed by atoms with E-state index in [0.29, 0.717) is 12.3 Å². The lowest BCUT2D eigenvalue weighted by molar-refractivity contribution is -0.149. The summed E-state index contributed by atoms with van der Waals surface area (Å²) in [5, 5.41) is 9.32. The van der Waals surface area contributed by atoms with E-state index in [1.807, 2.05) is 18.7 Å². The quantitative estimate of drug-likeness (QED) is 0.773. The third kappa shape index (κ3) is 3.95. The number of nitrogens with zero attached hydrogens (tertiary/aromatic N) is 1. The van der Waals surface area contributed by atoms with Crippen LogP contribution in [0.1, 0.15) is 52.9 Å². The van der Waals surface area contributed by atoms with Crippen LogP contribution in [0.3, 0.4) is 0 Å². The molecule has 4 nitrogen and oxygen atoms in total. The fourth-order valence-electron chi connectivity index (χ4n) is 3.13. The third-order valence-corrected chi connectivity index (χ3v) is 4.17. The molecule has 1 fully saturated rings. The third-order valence-electron chi connectivity index (χ3n) is 4.17. The van der Waals surface area contributed by atoms with Gasteiger partial charge in [-0.1, -0.05) is 27.2 Å². The van der Waals surface area contributed by atoms with E-state index in [2.05, 4.69) is 6.92 Å². The highest BCUT2D eigenvalue weighted by Crippen LogP contribution is 2.39. The summed E-state index contributed by atoms with van der Waals surface area (Å²) in [6.07, 6.45) is 4.22. The minimum absolute atomic E-state index is 0.0621. The standard InChI is InChI=1S/C15H27NO3/c1-4-7-16(8-5-2)14(17)12-9-11(6-3)10-13(12)15(18)19/h11-13H,4-10H2,1-3H3,(H,18,19). The summed E-state index contributed by atoms with van der Waals surface area (Å²) in [5.41, 5.74) is 0. The van der Waals surface area contributed by atoms with Gasteiger partial charge in [-0.05, 0) is 31.6 Å². The van der Waals surface area contributed by atoms with Gasteiger partial charge in [0.2, 0.25) is 5.91 Å². The Bertz CT molecular complexity index is 311. The Labute approximate surface area is 116 Å². The molecule has 0 aromatic heterocycles. The second-order valence-electron chi connectivity index (χ2n) is 5.62. The number of carboxylic acids is 1. The SMILES string of the molecule is CCCN(CCC)C(=O)C1CC(CC)CC1C(=O)O. The van der Waals surface area contributed by atoms with Gasteiger partial charge in [-0.2, -0.15) is 0 Å². The number of carbonyl (C=O) groups excluding carboxylic acids is 1. The van der Waals surface area contributed by atoms with Gasteiger partial charge in [-0.3, -0.25) is 9.59 Å². The van der Waals surface area contributed by atoms with Crippen LogP contribution >= 0.6 is 0 Å². The maximum atomic E-state index is 12.6. The first-order chi connectivity index (χ1) is 9.04. The summed E-state index contributed by atoms with van der Waals surface area (Å²) in [7, 11) is 0. The Balaban J connectivity index is 2.79. The zero-order valence-corrected chi connectivity index (χ0v) is 12.4. The van der Waals surface area contributed by atoms with E-state index in [0.717, 1.165) is 38.8 Å². The average molecular weight is 269 g/mol. The van der Waals surface area contributed by atoms with E-state index in [1.165, 1.54) is 0 Å². The highest BCUT2D eigenvalue weighted by molar-refractivity contribution is 5.85. The molecule has 0 aromatic carbocycles. The molecule has 110 valence electrons. The topological polar surface area (TPSA) is 57.6 Å². The van der Waals surface area contributed by atoms with Crippen LogP contribution in [0.4, 0.5) is 0 Å². The molecule has 1 amide bonds. The van der Waals surface area contributed by atoms with Gasteiger partial charge in [0.15, 0.2) is 0 Å². The second-order valence-corrected chi connectivity index (χ2v) is 5.62. The number of carboxylic acid groups (broad SMARTS) is 1. The fraction of sp³-hybridized carbons (Fsp3) is 0.867. The zero-order valence-electron chi connectivity index (χ0n) is 12.4. The number of hydrogen-bond acceptors (Lipinski definition) is 2. The minimum Gasteiger partial charge on any atom is -0.481 e. The van der Waals surface area contributed by atoms with Crippen LogP contribution in [0.5, 0.6) is 0 Å². The van der Waals surface area contributed by atoms with Crippen LogP contribution < -0.4 is 0 Å². The number of carbonyl (C=O) groups is 2. The highest BCUT2D eigenvalue weighted by atomic mass is 16.4. The molecule has 0 aliphatic heterocycles. The lowest BCUT2D eigenvalue weighted by Crippen LogP contribution is -2.40. The normalized spacial score (nSPS) is 26.4. The van der Waals surface area contributed by atoms with E-state index in [-0.39, 0.29) is 11.8 Å². The van der Waals surface area contributed by atoms with Crippen LogP contribution in [-0.2, 0) is 9.59 Å². The zero-order chi connectivity index (χ0) is 14.4. The molecule has 4 heteroatoms. The Morgan fingerprint density at radius 2 is 1.58 bits per heavy atom. The van der Waals surface area contributed by atoms with E-state index >= 15 is 0 Å². The van der Waals surface area contributed by atoms with Gasteiger partial charge >= 0.3 is 5.97 Å². The van der Waals surface area contributed by atoms with Gasteiger partial charge in [0.05, 0.1) is 11.8 Å². The Kier molecular flexibility index (Phi) is 6.32. The Morgan fingerprint density at radius 3 is 2.00 bits per heavy atom. The molecule has 0 radical (unpaired) electrons. The first-order valence-corrected chi connectivity index (χ1v) is 7.56. The van der Waals surface area contributed by atoms with Crippen molar-refractivity contribution in [3.8, 4) is 0 Å². The molecule has 1 aliphatic carbocycles. The predicted octanol–water partition coefficient (Wildman–Crippen LogP) is 2.77. The molecule has 3 atom stereocenters. The van der Waals surface area contributed by atoms with Crippen LogP contribution in [-0.4, -0.2) is 35.0 Å². The molecule has 0 saturated heterocycles. The van der Waals surface area contributed by atoms with Gasteiger partial charge < -0.3 is 10.0 Å². The monoisotopic (exact) mass is 269 g/mol. The number of hydrogen-bond donors (Lipinski definition) is 1. The van der Waals surface area contributed by atoms with Crippen LogP contribution in [0.2, 0.25) is 0 Å². The van der Waals surface area contributed by atoms with Crippen molar-refractivity contribution in [3.05, 3.63) is 0 Å². The Morgan fingerprint density at radius 1 is 1.05 bits per heavy atom. The molecule has 1 N–H and O–H groups in total. The molecule has 0 spiro atoms. The van der Waals surface area contributed by atoms with Crippen molar-refractivity contribution < 1.29 is 14.7 Å². The highest BCUT2D eigenvalue weighted by Gasteiger charge is 2.43. The van der Waals surface area contributed by atoms with Crippen molar-refractivity contribution in [1.82, 2.24) is 4.90 Å². The molecular formula is C15H27NO3. The van der Waals surface area contributed by atoms with E-state index in [1.54, 1.807) is 0 Å². The van der Waals surface area contributed by atoms with E-state index in [4.69, 9.17) is 0 Å². The van der Waals surface area contributed by atoms with Crippen molar-refractivity contribution >= 4 is 11.9 Å². The predicted molar refractivity (Wildman–Crippen MR) is 74.8 cm³/mol. The number of aliphatic carboxylic acids is 1. The molecule has 0 heterocycles. The van der Waals surface area contributed by atoms with Gasteiger partial charge in [0, 0.05) is 13.1 Å². The molecule has 1 saturated carbocycles. The maximum Gasteiger partial charge on any atom is 0.307 e. The second kappa shape index (κ2) is 7.51. The van der Waals surface area contributed by atoms with Crippen molar-refractivity contribution in [2.75, 3.05) is 13.1 Å². The molecular weight excluding hydrogens is 242 g/mol. The molecule has 1 rings (SSSR count). The summed E-state index contributed by atoms with van der Waals surface area (Å²) in [5.74, 6) is -1.14. The average Bonchev–Trinajstić information content (AvgIpc) is 2.82. The molecule has 19 heavy (non-hydrogen) atoms. The van der Waals surface area contributed by atoms with Crippen LogP contribution in [0, 0.1) is 17.8 Å². The minimum atomic E-state index is -0.803. The largest absolute Gasteiger partial charge is 0.481 e. The van der Waals surface area contributed by atoms with Crippen molar-refractivity contribution in [2.45, 2.75) is 52.9 Å². The van der Waals surface area contributed by atoms with Crippen molar-refractivity contribution in [3.63, 3.8) is 0 Å². The number of amides is 1. The maximum absolute atomic E-state index is 12.6. The smallest absolute Gasteiger partial charge is 0.307 e. The molecule has 3 unspecified atom stereocenters. The van der Waals surface area contributed by atoms with Crippen LogP contribution in [0.15, 0.2) is 0 Å². The van der Waals surface area contributed by atoms with Gasteiger partial charge in [0.1, 0.15) is 0 Å². The fourth-order valence-corrected chi connectivity index (χ4v) is 3.13. The summed E-state index contributed by atoms with van der Waals surface area (Å²) in [6, 6.07) is 0. The number of rotatable bonds is 7. The van der Waals surface area contributed by atoms with Crippen LogP contribution in [0.25, 0.3) is 0 Å². The first kappa shape index (κ1) is 16.0.